The van der Waals surface area contributed by atoms with Crippen molar-refractivity contribution in [3.8, 4) is 0 Å². The molecule has 2 rings (SSSR count). The molecule has 0 spiro atoms. The topological polar surface area (TPSA) is 65.1 Å². The number of carbonyl (C=O) groups excluding carboxylic acids is 1. The molecule has 0 radical (unpaired) electrons. The number of hydrogen-bond donors (Lipinski definition) is 0. The summed E-state index contributed by atoms with van der Waals surface area (Å²) in [5.41, 5.74) is 1.20. The van der Waals surface area contributed by atoms with E-state index in [9.17, 15) is 9.36 Å². The third-order valence-electron chi connectivity index (χ3n) is 3.69. The zero-order valence-corrected chi connectivity index (χ0v) is 13.6. The van der Waals surface area contributed by atoms with Crippen LogP contribution < -0.4 is 0 Å². The monoisotopic (exact) mass is 317 g/mol. The molecular formula is C14H24NO5P. The first kappa shape index (κ1) is 16.5. The number of rotatable bonds is 6. The Morgan fingerprint density at radius 1 is 1.24 bits per heavy atom. The van der Waals surface area contributed by atoms with E-state index in [0.29, 0.717) is 0 Å². The van der Waals surface area contributed by atoms with Crippen LogP contribution in [0.5, 0.6) is 0 Å². The van der Waals surface area contributed by atoms with Crippen molar-refractivity contribution in [2.24, 2.45) is 0 Å². The van der Waals surface area contributed by atoms with Crippen LogP contribution in [0.3, 0.4) is 0 Å². The van der Waals surface area contributed by atoms with E-state index in [2.05, 4.69) is 0 Å². The van der Waals surface area contributed by atoms with E-state index in [1.54, 1.807) is 20.0 Å². The molecule has 1 saturated carbocycles. The minimum atomic E-state index is -3.39. The smallest absolute Gasteiger partial charge is 0.414 e. The predicted molar refractivity (Wildman–Crippen MR) is 79.0 cm³/mol. The van der Waals surface area contributed by atoms with Crippen LogP contribution in [0, 0.1) is 0 Å². The molecule has 7 heteroatoms. The van der Waals surface area contributed by atoms with Gasteiger partial charge in [0.15, 0.2) is 5.78 Å². The molecule has 2 aliphatic rings. The number of cyclic esters (lactones) is 1. The Morgan fingerprint density at radius 3 is 2.43 bits per heavy atom. The lowest BCUT2D eigenvalue weighted by molar-refractivity contribution is 0.166. The second kappa shape index (κ2) is 7.43. The van der Waals surface area contributed by atoms with Gasteiger partial charge in [0.2, 0.25) is 0 Å². The van der Waals surface area contributed by atoms with Gasteiger partial charge in [-0.25, -0.2) is 4.79 Å². The molecule has 1 saturated heterocycles. The standard InChI is InChI=1S/C14H24NO5P/c1-3-19-21(17,20-4-2)13-11-18-14(16)15(13)10-12-8-6-5-7-9-12/h10,13H,3-9,11H2,1-2H3. The van der Waals surface area contributed by atoms with Gasteiger partial charge in [0.25, 0.3) is 0 Å². The molecule has 120 valence electrons. The highest BCUT2D eigenvalue weighted by Gasteiger charge is 2.47. The van der Waals surface area contributed by atoms with Gasteiger partial charge in [-0.05, 0) is 39.5 Å². The fraction of sp³-hybridized carbons (Fsp3) is 0.786. The van der Waals surface area contributed by atoms with Crippen LogP contribution in [0.4, 0.5) is 4.79 Å². The van der Waals surface area contributed by atoms with E-state index in [1.807, 2.05) is 0 Å². The lowest BCUT2D eigenvalue weighted by Crippen LogP contribution is -2.30. The number of amides is 1. The maximum atomic E-state index is 12.9. The maximum absolute atomic E-state index is 12.9. The van der Waals surface area contributed by atoms with E-state index in [0.717, 1.165) is 25.7 Å². The molecule has 1 atom stereocenters. The van der Waals surface area contributed by atoms with Crippen molar-refractivity contribution in [3.63, 3.8) is 0 Å². The van der Waals surface area contributed by atoms with Crippen LogP contribution in [-0.2, 0) is 18.3 Å². The molecule has 0 aromatic carbocycles. The average molecular weight is 317 g/mol. The van der Waals surface area contributed by atoms with Crippen molar-refractivity contribution in [2.75, 3.05) is 19.8 Å². The Balaban J connectivity index is 2.20. The summed E-state index contributed by atoms with van der Waals surface area (Å²) in [6, 6.07) is 0. The number of carbonyl (C=O) groups is 1. The Labute approximate surface area is 126 Å². The van der Waals surface area contributed by atoms with Crippen LogP contribution in [0.25, 0.3) is 0 Å². The van der Waals surface area contributed by atoms with Gasteiger partial charge >= 0.3 is 13.7 Å². The summed E-state index contributed by atoms with van der Waals surface area (Å²) in [4.78, 5) is 13.3. The van der Waals surface area contributed by atoms with Crippen LogP contribution in [0.2, 0.25) is 0 Å². The van der Waals surface area contributed by atoms with Crippen LogP contribution in [0.15, 0.2) is 11.8 Å². The third-order valence-corrected chi connectivity index (χ3v) is 6.05. The first-order valence-corrected chi connectivity index (χ1v) is 9.25. The van der Waals surface area contributed by atoms with Crippen LogP contribution in [-0.4, -0.2) is 36.6 Å². The molecule has 0 aromatic heterocycles. The highest BCUT2D eigenvalue weighted by molar-refractivity contribution is 7.54. The highest BCUT2D eigenvalue weighted by atomic mass is 31.2. The van der Waals surface area contributed by atoms with Gasteiger partial charge in [-0.3, -0.25) is 9.46 Å². The van der Waals surface area contributed by atoms with E-state index in [-0.39, 0.29) is 19.8 Å². The first-order valence-electron chi connectivity index (χ1n) is 7.64. The van der Waals surface area contributed by atoms with Gasteiger partial charge in [0, 0.05) is 6.20 Å². The zero-order valence-electron chi connectivity index (χ0n) is 12.7. The van der Waals surface area contributed by atoms with Gasteiger partial charge in [-0.2, -0.15) is 0 Å². The molecule has 1 unspecified atom stereocenters. The molecule has 1 amide bonds. The predicted octanol–water partition coefficient (Wildman–Crippen LogP) is 3.88. The number of nitrogens with zero attached hydrogens (tertiary/aromatic N) is 1. The van der Waals surface area contributed by atoms with Crippen molar-refractivity contribution in [2.45, 2.75) is 51.7 Å². The summed E-state index contributed by atoms with van der Waals surface area (Å²) < 4.78 is 28.6. The van der Waals surface area contributed by atoms with E-state index in [4.69, 9.17) is 13.8 Å². The molecule has 1 aliphatic carbocycles. The summed E-state index contributed by atoms with van der Waals surface area (Å²) in [6.07, 6.45) is 6.76. The lowest BCUT2D eigenvalue weighted by Gasteiger charge is -2.27. The van der Waals surface area contributed by atoms with Gasteiger partial charge in [-0.1, -0.05) is 12.0 Å². The minimum Gasteiger partial charge on any atom is -0.446 e. The van der Waals surface area contributed by atoms with Crippen LogP contribution in [0.1, 0.15) is 46.0 Å². The normalized spacial score (nSPS) is 23.3. The Kier molecular flexibility index (Phi) is 5.85. The second-order valence-corrected chi connectivity index (χ2v) is 7.38. The molecule has 0 N–H and O–H groups in total. The molecule has 6 nitrogen and oxygen atoms in total. The van der Waals surface area contributed by atoms with Crippen molar-refractivity contribution in [1.29, 1.82) is 0 Å². The molecule has 0 bridgehead atoms. The van der Waals surface area contributed by atoms with Crippen LogP contribution >= 0.6 is 7.60 Å². The number of allylic oxidation sites excluding steroid dienone is 1. The Morgan fingerprint density at radius 2 is 1.86 bits per heavy atom. The molecule has 2 fully saturated rings. The zero-order chi connectivity index (χ0) is 15.3. The van der Waals surface area contributed by atoms with Gasteiger partial charge in [-0.15, -0.1) is 0 Å². The minimum absolute atomic E-state index is 0.0416. The van der Waals surface area contributed by atoms with Gasteiger partial charge < -0.3 is 13.8 Å². The van der Waals surface area contributed by atoms with E-state index < -0.39 is 19.5 Å². The Hall–Kier alpha value is -0.840. The van der Waals surface area contributed by atoms with Crippen molar-refractivity contribution < 1.29 is 23.1 Å². The fourth-order valence-electron chi connectivity index (χ4n) is 2.71. The molecule has 1 aliphatic heterocycles. The quantitative estimate of drug-likeness (QED) is 0.696. The van der Waals surface area contributed by atoms with E-state index >= 15 is 0 Å². The number of hydrogen-bond acceptors (Lipinski definition) is 5. The maximum Gasteiger partial charge on any atom is 0.414 e. The highest BCUT2D eigenvalue weighted by Crippen LogP contribution is 2.56. The van der Waals surface area contributed by atoms with Crippen molar-refractivity contribution in [1.82, 2.24) is 4.90 Å². The first-order chi connectivity index (χ1) is 10.1. The Bertz CT molecular complexity index is 433. The SMILES string of the molecule is CCOP(=O)(OCC)C1COC(=O)N1C=C1CCCCC1. The summed E-state index contributed by atoms with van der Waals surface area (Å²) in [6.45, 7) is 4.10. The van der Waals surface area contributed by atoms with Crippen molar-refractivity contribution >= 4 is 13.7 Å². The number of ether oxygens (including phenoxy) is 1. The largest absolute Gasteiger partial charge is 0.446 e. The summed E-state index contributed by atoms with van der Waals surface area (Å²) in [5, 5.41) is 0. The molecule has 21 heavy (non-hydrogen) atoms. The summed E-state index contributed by atoms with van der Waals surface area (Å²) in [5.74, 6) is -0.681. The summed E-state index contributed by atoms with van der Waals surface area (Å²) >= 11 is 0. The molecule has 1 heterocycles. The summed E-state index contributed by atoms with van der Waals surface area (Å²) in [7, 11) is -3.39. The van der Waals surface area contributed by atoms with Gasteiger partial charge in [0.05, 0.1) is 13.2 Å². The lowest BCUT2D eigenvalue weighted by atomic mass is 9.96. The van der Waals surface area contributed by atoms with Gasteiger partial charge in [0.1, 0.15) is 6.61 Å². The second-order valence-electron chi connectivity index (χ2n) is 5.19. The molecule has 0 aromatic rings. The van der Waals surface area contributed by atoms with E-state index in [1.165, 1.54) is 16.9 Å². The van der Waals surface area contributed by atoms with Crippen molar-refractivity contribution in [3.05, 3.63) is 11.8 Å². The average Bonchev–Trinajstić information content (AvgIpc) is 2.83. The third kappa shape index (κ3) is 3.87. The molecular weight excluding hydrogens is 293 g/mol. The fourth-order valence-corrected chi connectivity index (χ4v) is 4.57.